The normalized spacial score (nSPS) is 17.8. The van der Waals surface area contributed by atoms with Crippen LogP contribution in [0.15, 0.2) is 79.1 Å². The van der Waals surface area contributed by atoms with Crippen LogP contribution in [0.5, 0.6) is 0 Å². The fourth-order valence-corrected chi connectivity index (χ4v) is 4.60. The fraction of sp³-hybridized carbons (Fsp3) is 0.296. The number of carbonyl (C=O) groups excluding carboxylic acids is 2. The highest BCUT2D eigenvalue weighted by Gasteiger charge is 2.45. The van der Waals surface area contributed by atoms with E-state index in [1.807, 2.05) is 41.3 Å². The highest BCUT2D eigenvalue weighted by Crippen LogP contribution is 2.36. The zero-order valence-corrected chi connectivity index (χ0v) is 18.5. The summed E-state index contributed by atoms with van der Waals surface area (Å²) in [5.74, 6) is 0.109. The van der Waals surface area contributed by atoms with Gasteiger partial charge in [-0.3, -0.25) is 14.6 Å². The molecule has 1 N–H and O–H groups in total. The average molecular weight is 428 g/mol. The number of aryl methyl sites for hydroxylation is 1. The van der Waals surface area contributed by atoms with Crippen molar-refractivity contribution in [1.29, 1.82) is 0 Å². The minimum atomic E-state index is -0.601. The minimum Gasteiger partial charge on any atom is -0.359 e. The highest BCUT2D eigenvalue weighted by molar-refractivity contribution is 5.85. The van der Waals surface area contributed by atoms with Crippen LogP contribution in [0, 0.1) is 5.41 Å². The molecule has 1 saturated heterocycles. The van der Waals surface area contributed by atoms with Gasteiger partial charge in [-0.15, -0.1) is 0 Å². The van der Waals surface area contributed by atoms with Crippen LogP contribution < -0.4 is 5.32 Å². The molecule has 0 bridgehead atoms. The SMILES string of the molecule is CNC(=O)[C@]1(Cc2cccc(-c3ccccc3)c2)CCN(C(=O)CCc2ccncc2)C1. The lowest BCUT2D eigenvalue weighted by atomic mass is 9.79. The van der Waals surface area contributed by atoms with Crippen LogP contribution >= 0.6 is 0 Å². The molecule has 32 heavy (non-hydrogen) atoms. The van der Waals surface area contributed by atoms with Gasteiger partial charge in [-0.05, 0) is 53.6 Å². The van der Waals surface area contributed by atoms with Crippen LogP contribution in [0.1, 0.15) is 24.0 Å². The number of nitrogens with one attached hydrogen (secondary N) is 1. The molecule has 1 atom stereocenters. The second-order valence-electron chi connectivity index (χ2n) is 8.52. The number of aromatic nitrogens is 1. The molecule has 5 heteroatoms. The summed E-state index contributed by atoms with van der Waals surface area (Å²) in [5, 5.41) is 2.85. The molecule has 2 amide bonds. The first-order valence-electron chi connectivity index (χ1n) is 11.1. The molecule has 3 aromatic rings. The Morgan fingerprint density at radius 2 is 1.72 bits per heavy atom. The molecule has 0 saturated carbocycles. The fourth-order valence-electron chi connectivity index (χ4n) is 4.60. The lowest BCUT2D eigenvalue weighted by Gasteiger charge is -2.28. The third-order valence-electron chi connectivity index (χ3n) is 6.37. The molecule has 1 aliphatic heterocycles. The second-order valence-corrected chi connectivity index (χ2v) is 8.52. The Balaban J connectivity index is 1.48. The summed E-state index contributed by atoms with van der Waals surface area (Å²) in [6.45, 7) is 1.07. The van der Waals surface area contributed by atoms with E-state index in [2.05, 4.69) is 40.6 Å². The first-order valence-corrected chi connectivity index (χ1v) is 11.1. The minimum absolute atomic E-state index is 0.00653. The molecule has 0 spiro atoms. The van der Waals surface area contributed by atoms with E-state index in [9.17, 15) is 9.59 Å². The monoisotopic (exact) mass is 427 g/mol. The molecule has 1 aliphatic rings. The van der Waals surface area contributed by atoms with Gasteiger partial charge in [0.05, 0.1) is 5.41 Å². The Morgan fingerprint density at radius 1 is 0.969 bits per heavy atom. The van der Waals surface area contributed by atoms with Crippen molar-refractivity contribution in [3.8, 4) is 11.1 Å². The summed E-state index contributed by atoms with van der Waals surface area (Å²) in [7, 11) is 1.68. The maximum absolute atomic E-state index is 13.0. The number of nitrogens with zero attached hydrogens (tertiary/aromatic N) is 2. The molecule has 0 radical (unpaired) electrons. The van der Waals surface area contributed by atoms with E-state index in [-0.39, 0.29) is 11.8 Å². The zero-order chi connectivity index (χ0) is 22.4. The van der Waals surface area contributed by atoms with Crippen LogP contribution in [0.4, 0.5) is 0 Å². The third kappa shape index (κ3) is 4.88. The standard InChI is InChI=1S/C27H29N3O2/c1-28-26(32)27(19-22-6-5-9-24(18-22)23-7-3-2-4-8-23)14-17-30(20-27)25(31)11-10-21-12-15-29-16-13-21/h2-9,12-13,15-16,18H,10-11,14,17,19-20H2,1H3,(H,28,32)/t27-/m0/s1. The number of rotatable bonds is 7. The van der Waals surface area contributed by atoms with Crippen LogP contribution in [-0.2, 0) is 22.4 Å². The number of carbonyl (C=O) groups is 2. The van der Waals surface area contributed by atoms with Gasteiger partial charge >= 0.3 is 0 Å². The molecule has 5 nitrogen and oxygen atoms in total. The van der Waals surface area contributed by atoms with E-state index >= 15 is 0 Å². The molecular weight excluding hydrogens is 398 g/mol. The molecule has 4 rings (SSSR count). The summed E-state index contributed by atoms with van der Waals surface area (Å²) in [6.07, 6.45) is 5.90. The van der Waals surface area contributed by atoms with Crippen molar-refractivity contribution in [3.63, 3.8) is 0 Å². The van der Waals surface area contributed by atoms with Crippen LogP contribution in [0.25, 0.3) is 11.1 Å². The molecule has 1 aromatic heterocycles. The Labute approximate surface area is 189 Å². The number of amides is 2. The van der Waals surface area contributed by atoms with Crippen LogP contribution in [-0.4, -0.2) is 41.8 Å². The van der Waals surface area contributed by atoms with Gasteiger partial charge in [0.2, 0.25) is 11.8 Å². The Morgan fingerprint density at radius 3 is 2.47 bits per heavy atom. The molecule has 164 valence electrons. The van der Waals surface area contributed by atoms with E-state index in [1.165, 1.54) is 0 Å². The summed E-state index contributed by atoms with van der Waals surface area (Å²) in [4.78, 5) is 31.8. The Hall–Kier alpha value is -3.47. The predicted octanol–water partition coefficient (Wildman–Crippen LogP) is 3.89. The molecule has 0 aliphatic carbocycles. The van der Waals surface area contributed by atoms with Gasteiger partial charge < -0.3 is 10.2 Å². The lowest BCUT2D eigenvalue weighted by Crippen LogP contribution is -2.44. The van der Waals surface area contributed by atoms with Crippen molar-refractivity contribution in [2.24, 2.45) is 5.41 Å². The summed E-state index contributed by atoms with van der Waals surface area (Å²) < 4.78 is 0. The number of hydrogen-bond acceptors (Lipinski definition) is 3. The molecule has 1 fully saturated rings. The van der Waals surface area contributed by atoms with Crippen molar-refractivity contribution in [2.75, 3.05) is 20.1 Å². The molecular formula is C27H29N3O2. The Bertz CT molecular complexity index is 1070. The van der Waals surface area contributed by atoms with Gasteiger partial charge in [-0.2, -0.15) is 0 Å². The number of pyridine rings is 1. The van der Waals surface area contributed by atoms with Crippen molar-refractivity contribution in [2.45, 2.75) is 25.7 Å². The van der Waals surface area contributed by atoms with E-state index in [4.69, 9.17) is 0 Å². The van der Waals surface area contributed by atoms with Crippen LogP contribution in [0.2, 0.25) is 0 Å². The smallest absolute Gasteiger partial charge is 0.228 e. The van der Waals surface area contributed by atoms with Gasteiger partial charge in [0.15, 0.2) is 0 Å². The highest BCUT2D eigenvalue weighted by atomic mass is 16.2. The van der Waals surface area contributed by atoms with Gasteiger partial charge in [0, 0.05) is 39.0 Å². The van der Waals surface area contributed by atoms with Gasteiger partial charge in [-0.1, -0.05) is 54.6 Å². The third-order valence-corrected chi connectivity index (χ3v) is 6.37. The molecule has 0 unspecified atom stereocenters. The van der Waals surface area contributed by atoms with E-state index in [0.29, 0.717) is 38.8 Å². The Kier molecular flexibility index (Phi) is 6.64. The van der Waals surface area contributed by atoms with Gasteiger partial charge in [0.25, 0.3) is 0 Å². The van der Waals surface area contributed by atoms with E-state index in [1.54, 1.807) is 19.4 Å². The quantitative estimate of drug-likeness (QED) is 0.622. The largest absolute Gasteiger partial charge is 0.359 e. The van der Waals surface area contributed by atoms with Gasteiger partial charge in [0.1, 0.15) is 0 Å². The first kappa shape index (κ1) is 21.8. The number of likely N-dealkylation sites (tertiary alicyclic amines) is 1. The summed E-state index contributed by atoms with van der Waals surface area (Å²) in [6, 6.07) is 22.5. The molecule has 2 aromatic carbocycles. The van der Waals surface area contributed by atoms with Crippen molar-refractivity contribution in [1.82, 2.24) is 15.2 Å². The van der Waals surface area contributed by atoms with Crippen molar-refractivity contribution < 1.29 is 9.59 Å². The maximum atomic E-state index is 13.0. The maximum Gasteiger partial charge on any atom is 0.228 e. The number of hydrogen-bond donors (Lipinski definition) is 1. The zero-order valence-electron chi connectivity index (χ0n) is 18.5. The molecule has 2 heterocycles. The summed E-state index contributed by atoms with van der Waals surface area (Å²) >= 11 is 0. The van der Waals surface area contributed by atoms with E-state index in [0.717, 1.165) is 22.3 Å². The summed E-state index contributed by atoms with van der Waals surface area (Å²) in [5.41, 5.74) is 3.90. The van der Waals surface area contributed by atoms with Crippen LogP contribution in [0.3, 0.4) is 0 Å². The van der Waals surface area contributed by atoms with Gasteiger partial charge in [-0.25, -0.2) is 0 Å². The topological polar surface area (TPSA) is 62.3 Å². The van der Waals surface area contributed by atoms with Crippen molar-refractivity contribution >= 4 is 11.8 Å². The van der Waals surface area contributed by atoms with E-state index < -0.39 is 5.41 Å². The number of benzene rings is 2. The predicted molar refractivity (Wildman–Crippen MR) is 126 cm³/mol. The van der Waals surface area contributed by atoms with Crippen molar-refractivity contribution in [3.05, 3.63) is 90.3 Å². The lowest BCUT2D eigenvalue weighted by molar-refractivity contribution is -0.133. The second kappa shape index (κ2) is 9.77. The first-order chi connectivity index (χ1) is 15.6. The average Bonchev–Trinajstić information content (AvgIpc) is 3.28.